The molecule has 1 unspecified atom stereocenters. The SMILES string of the molecule is CSc1cccc(NCC(C)N(C)C)c1C(=O)O. The molecule has 0 aliphatic carbocycles. The first-order chi connectivity index (χ1) is 8.47. The fourth-order valence-electron chi connectivity index (χ4n) is 1.51. The Morgan fingerprint density at radius 3 is 2.67 bits per heavy atom. The molecule has 2 N–H and O–H groups in total. The highest BCUT2D eigenvalue weighted by atomic mass is 32.2. The number of hydrogen-bond acceptors (Lipinski definition) is 4. The van der Waals surface area contributed by atoms with E-state index in [2.05, 4.69) is 17.1 Å². The summed E-state index contributed by atoms with van der Waals surface area (Å²) in [6, 6.07) is 5.85. The van der Waals surface area contributed by atoms with Gasteiger partial charge in [-0.1, -0.05) is 6.07 Å². The topological polar surface area (TPSA) is 52.6 Å². The van der Waals surface area contributed by atoms with E-state index in [9.17, 15) is 9.90 Å². The number of carboxylic acids is 1. The van der Waals surface area contributed by atoms with Crippen LogP contribution in [0.3, 0.4) is 0 Å². The summed E-state index contributed by atoms with van der Waals surface area (Å²) in [7, 11) is 4.01. The minimum atomic E-state index is -0.889. The van der Waals surface area contributed by atoms with Gasteiger partial charge in [-0.15, -0.1) is 11.8 Å². The van der Waals surface area contributed by atoms with Gasteiger partial charge in [0.15, 0.2) is 0 Å². The van der Waals surface area contributed by atoms with Crippen molar-refractivity contribution < 1.29 is 9.90 Å². The molecule has 4 nitrogen and oxygen atoms in total. The summed E-state index contributed by atoms with van der Waals surface area (Å²) in [5.41, 5.74) is 1.04. The number of benzene rings is 1. The maximum atomic E-state index is 11.3. The van der Waals surface area contributed by atoms with Crippen LogP contribution in [-0.4, -0.2) is 48.9 Å². The van der Waals surface area contributed by atoms with Gasteiger partial charge in [0.05, 0.1) is 5.56 Å². The second-order valence-electron chi connectivity index (χ2n) is 4.38. The van der Waals surface area contributed by atoms with Crippen molar-refractivity contribution in [2.45, 2.75) is 17.9 Å². The number of hydrogen-bond donors (Lipinski definition) is 2. The van der Waals surface area contributed by atoms with Crippen molar-refractivity contribution in [2.75, 3.05) is 32.2 Å². The summed E-state index contributed by atoms with van der Waals surface area (Å²) in [6.07, 6.45) is 1.88. The zero-order valence-electron chi connectivity index (χ0n) is 11.2. The summed E-state index contributed by atoms with van der Waals surface area (Å²) in [6.45, 7) is 2.80. The quantitative estimate of drug-likeness (QED) is 0.776. The predicted molar refractivity (Wildman–Crippen MR) is 76.8 cm³/mol. The minimum absolute atomic E-state index is 0.338. The number of carbonyl (C=O) groups is 1. The average molecular weight is 268 g/mol. The van der Waals surface area contributed by atoms with E-state index in [0.717, 1.165) is 4.90 Å². The first-order valence-corrected chi connectivity index (χ1v) is 7.00. The fourth-order valence-corrected chi connectivity index (χ4v) is 2.13. The lowest BCUT2D eigenvalue weighted by molar-refractivity contribution is 0.0694. The maximum Gasteiger partial charge on any atom is 0.338 e. The number of nitrogens with one attached hydrogen (secondary N) is 1. The van der Waals surface area contributed by atoms with Gasteiger partial charge in [-0.05, 0) is 39.4 Å². The molecule has 0 spiro atoms. The third-order valence-electron chi connectivity index (χ3n) is 2.93. The molecule has 0 aliphatic heterocycles. The second-order valence-corrected chi connectivity index (χ2v) is 5.23. The Hall–Kier alpha value is -1.20. The molecule has 100 valence electrons. The number of nitrogens with zero attached hydrogens (tertiary/aromatic N) is 1. The Morgan fingerprint density at radius 2 is 2.17 bits per heavy atom. The van der Waals surface area contributed by atoms with Gasteiger partial charge in [0.2, 0.25) is 0 Å². The molecule has 0 aromatic heterocycles. The summed E-state index contributed by atoms with van der Waals surface area (Å²) < 4.78 is 0. The van der Waals surface area contributed by atoms with E-state index in [1.165, 1.54) is 11.8 Å². The number of aromatic carboxylic acids is 1. The second kappa shape index (κ2) is 6.66. The van der Waals surface area contributed by atoms with Crippen molar-refractivity contribution in [1.82, 2.24) is 4.90 Å². The van der Waals surface area contributed by atoms with Crippen molar-refractivity contribution in [1.29, 1.82) is 0 Å². The summed E-state index contributed by atoms with van der Waals surface area (Å²) in [4.78, 5) is 14.2. The highest BCUT2D eigenvalue weighted by molar-refractivity contribution is 7.98. The number of rotatable bonds is 6. The Balaban J connectivity index is 2.91. The summed E-state index contributed by atoms with van der Waals surface area (Å²) in [5, 5.41) is 12.5. The zero-order valence-corrected chi connectivity index (χ0v) is 12.0. The molecular weight excluding hydrogens is 248 g/mol. The Morgan fingerprint density at radius 1 is 1.50 bits per heavy atom. The van der Waals surface area contributed by atoms with Crippen molar-refractivity contribution in [3.8, 4) is 0 Å². The van der Waals surface area contributed by atoms with Gasteiger partial charge in [-0.25, -0.2) is 4.79 Å². The van der Waals surface area contributed by atoms with Gasteiger partial charge in [-0.3, -0.25) is 0 Å². The number of likely N-dealkylation sites (N-methyl/N-ethyl adjacent to an activating group) is 1. The molecule has 5 heteroatoms. The molecule has 1 aromatic carbocycles. The molecule has 0 aliphatic rings. The number of thioether (sulfide) groups is 1. The molecule has 18 heavy (non-hydrogen) atoms. The first-order valence-electron chi connectivity index (χ1n) is 5.78. The lowest BCUT2D eigenvalue weighted by Gasteiger charge is -2.21. The summed E-state index contributed by atoms with van der Waals surface area (Å²) >= 11 is 1.45. The highest BCUT2D eigenvalue weighted by Crippen LogP contribution is 2.27. The van der Waals surface area contributed by atoms with Crippen molar-refractivity contribution in [3.05, 3.63) is 23.8 Å². The van der Waals surface area contributed by atoms with E-state index in [4.69, 9.17) is 0 Å². The minimum Gasteiger partial charge on any atom is -0.478 e. The van der Waals surface area contributed by atoms with Crippen LogP contribution >= 0.6 is 11.8 Å². The van der Waals surface area contributed by atoms with Gasteiger partial charge < -0.3 is 15.3 Å². The molecular formula is C13H20N2O2S. The molecule has 0 saturated heterocycles. The smallest absolute Gasteiger partial charge is 0.338 e. The Bertz CT molecular complexity index is 421. The van der Waals surface area contributed by atoms with Crippen LogP contribution in [0.15, 0.2) is 23.1 Å². The van der Waals surface area contributed by atoms with Crippen LogP contribution in [0.25, 0.3) is 0 Å². The van der Waals surface area contributed by atoms with Gasteiger partial charge >= 0.3 is 5.97 Å². The van der Waals surface area contributed by atoms with E-state index in [1.54, 1.807) is 0 Å². The third kappa shape index (κ3) is 3.65. The van der Waals surface area contributed by atoms with Gasteiger partial charge in [-0.2, -0.15) is 0 Å². The normalized spacial score (nSPS) is 12.5. The monoisotopic (exact) mass is 268 g/mol. The molecule has 0 saturated carbocycles. The molecule has 0 amide bonds. The molecule has 1 aromatic rings. The van der Waals surface area contributed by atoms with Crippen LogP contribution < -0.4 is 5.32 Å². The third-order valence-corrected chi connectivity index (χ3v) is 3.71. The predicted octanol–water partition coefficient (Wildman–Crippen LogP) is 2.47. The van der Waals surface area contributed by atoms with Gasteiger partial charge in [0.1, 0.15) is 0 Å². The van der Waals surface area contributed by atoms with Crippen molar-refractivity contribution >= 4 is 23.4 Å². The van der Waals surface area contributed by atoms with E-state index in [-0.39, 0.29) is 0 Å². The van der Waals surface area contributed by atoms with Crippen LogP contribution in [0.1, 0.15) is 17.3 Å². The Labute approximate surface area is 112 Å². The van der Waals surface area contributed by atoms with Crippen LogP contribution in [0.2, 0.25) is 0 Å². The van der Waals surface area contributed by atoms with Gasteiger partial charge in [0.25, 0.3) is 0 Å². The van der Waals surface area contributed by atoms with Gasteiger partial charge in [0, 0.05) is 23.2 Å². The largest absolute Gasteiger partial charge is 0.478 e. The lowest BCUT2D eigenvalue weighted by Crippen LogP contribution is -2.31. The standard InChI is InChI=1S/C13H20N2O2S/c1-9(15(2)3)8-14-10-6-5-7-11(18-4)12(10)13(16)17/h5-7,9,14H,8H2,1-4H3,(H,16,17). The highest BCUT2D eigenvalue weighted by Gasteiger charge is 2.15. The number of carboxylic acid groups (broad SMARTS) is 1. The molecule has 0 radical (unpaired) electrons. The van der Waals surface area contributed by atoms with Crippen LogP contribution in [-0.2, 0) is 0 Å². The van der Waals surface area contributed by atoms with Crippen LogP contribution in [0.4, 0.5) is 5.69 Å². The average Bonchev–Trinajstić information content (AvgIpc) is 2.34. The molecule has 0 bridgehead atoms. The molecule has 0 heterocycles. The summed E-state index contributed by atoms with van der Waals surface area (Å²) in [5.74, 6) is -0.889. The van der Waals surface area contributed by atoms with Crippen LogP contribution in [0.5, 0.6) is 0 Å². The Kier molecular flexibility index (Phi) is 5.50. The fraction of sp³-hybridized carbons (Fsp3) is 0.462. The van der Waals surface area contributed by atoms with E-state index >= 15 is 0 Å². The maximum absolute atomic E-state index is 11.3. The van der Waals surface area contributed by atoms with E-state index in [1.807, 2.05) is 38.6 Å². The molecule has 1 atom stereocenters. The van der Waals surface area contributed by atoms with E-state index in [0.29, 0.717) is 23.8 Å². The van der Waals surface area contributed by atoms with E-state index < -0.39 is 5.97 Å². The van der Waals surface area contributed by atoms with Crippen LogP contribution in [0, 0.1) is 0 Å². The molecule has 1 rings (SSSR count). The van der Waals surface area contributed by atoms with Crippen molar-refractivity contribution in [2.24, 2.45) is 0 Å². The number of anilines is 1. The van der Waals surface area contributed by atoms with Crippen molar-refractivity contribution in [3.63, 3.8) is 0 Å². The first kappa shape index (κ1) is 14.9. The zero-order chi connectivity index (χ0) is 13.7. The molecule has 0 fully saturated rings. The lowest BCUT2D eigenvalue weighted by atomic mass is 10.1.